The van der Waals surface area contributed by atoms with Crippen LogP contribution >= 0.6 is 0 Å². The Hall–Kier alpha value is -4.45. The molecule has 0 saturated heterocycles. The van der Waals surface area contributed by atoms with Crippen molar-refractivity contribution in [2.75, 3.05) is 56.1 Å². The molecular weight excluding hydrogens is 514 g/mol. The van der Waals surface area contributed by atoms with Crippen molar-refractivity contribution in [2.24, 2.45) is 0 Å². The minimum atomic E-state index is -4.38. The fourth-order valence-corrected chi connectivity index (χ4v) is 5.49. The van der Waals surface area contributed by atoms with Crippen LogP contribution in [0.25, 0.3) is 0 Å². The summed E-state index contributed by atoms with van der Waals surface area (Å²) in [4.78, 5) is 27.1. The van der Waals surface area contributed by atoms with E-state index < -0.39 is 28.4 Å². The van der Waals surface area contributed by atoms with Crippen LogP contribution in [0.5, 0.6) is 23.0 Å². The van der Waals surface area contributed by atoms with Crippen LogP contribution in [0, 0.1) is 0 Å². The lowest BCUT2D eigenvalue weighted by molar-refractivity contribution is -0.121. The van der Waals surface area contributed by atoms with Gasteiger partial charge in [-0.15, -0.1) is 0 Å². The van der Waals surface area contributed by atoms with Gasteiger partial charge in [0, 0.05) is 12.1 Å². The van der Waals surface area contributed by atoms with E-state index in [-0.39, 0.29) is 28.6 Å². The quantitative estimate of drug-likeness (QED) is 0.439. The average molecular weight is 542 g/mol. The van der Waals surface area contributed by atoms with E-state index in [1.807, 2.05) is 0 Å². The molecule has 0 bridgehead atoms. The summed E-state index contributed by atoms with van der Waals surface area (Å²) in [5.74, 6) is 0.0532. The van der Waals surface area contributed by atoms with Crippen molar-refractivity contribution in [3.8, 4) is 23.0 Å². The van der Waals surface area contributed by atoms with E-state index in [4.69, 9.17) is 18.9 Å². The predicted octanol–water partition coefficient (Wildman–Crippen LogP) is 2.90. The minimum Gasteiger partial charge on any atom is -0.497 e. The van der Waals surface area contributed by atoms with Crippen molar-refractivity contribution in [3.05, 3.63) is 60.7 Å². The van der Waals surface area contributed by atoms with Crippen molar-refractivity contribution in [3.63, 3.8) is 0 Å². The first-order valence-corrected chi connectivity index (χ1v) is 12.8. The smallest absolute Gasteiger partial charge is 0.265 e. The minimum absolute atomic E-state index is 0.0738. The molecule has 38 heavy (non-hydrogen) atoms. The summed E-state index contributed by atoms with van der Waals surface area (Å²) in [5, 5.41) is 2.72. The van der Waals surface area contributed by atoms with Gasteiger partial charge in [-0.25, -0.2) is 8.42 Å². The van der Waals surface area contributed by atoms with Crippen LogP contribution in [0.1, 0.15) is 0 Å². The van der Waals surface area contributed by atoms with E-state index in [9.17, 15) is 18.0 Å². The molecule has 4 rings (SSSR count). The summed E-state index contributed by atoms with van der Waals surface area (Å²) in [7, 11) is 1.27. The molecule has 1 heterocycles. The summed E-state index contributed by atoms with van der Waals surface area (Å²) in [5.41, 5.74) is 0.980. The van der Waals surface area contributed by atoms with E-state index in [1.165, 1.54) is 57.6 Å². The van der Waals surface area contributed by atoms with Crippen LogP contribution in [0.15, 0.2) is 65.6 Å². The molecule has 0 aliphatic carbocycles. The first kappa shape index (κ1) is 26.6. The van der Waals surface area contributed by atoms with Crippen LogP contribution in [0.4, 0.5) is 17.1 Å². The second kappa shape index (κ2) is 10.9. The number of nitrogens with zero attached hydrogens (tertiary/aromatic N) is 2. The molecule has 1 N–H and O–H groups in total. The van der Waals surface area contributed by atoms with Gasteiger partial charge in [-0.05, 0) is 36.4 Å². The zero-order valence-electron chi connectivity index (χ0n) is 21.3. The normalized spacial score (nSPS) is 12.7. The Morgan fingerprint density at radius 2 is 1.58 bits per heavy atom. The molecule has 0 spiro atoms. The van der Waals surface area contributed by atoms with Crippen LogP contribution < -0.4 is 33.5 Å². The summed E-state index contributed by atoms with van der Waals surface area (Å²) < 4.78 is 50.4. The average Bonchev–Trinajstić information content (AvgIpc) is 2.94. The molecule has 0 aromatic heterocycles. The second-order valence-electron chi connectivity index (χ2n) is 8.11. The van der Waals surface area contributed by atoms with Gasteiger partial charge in [0.2, 0.25) is 11.8 Å². The van der Waals surface area contributed by atoms with Crippen molar-refractivity contribution < 1.29 is 37.0 Å². The first-order chi connectivity index (χ1) is 18.2. The van der Waals surface area contributed by atoms with Gasteiger partial charge in [0.25, 0.3) is 10.0 Å². The largest absolute Gasteiger partial charge is 0.497 e. The number of ether oxygens (including phenoxy) is 4. The highest BCUT2D eigenvalue weighted by atomic mass is 32.2. The van der Waals surface area contributed by atoms with Crippen molar-refractivity contribution in [1.82, 2.24) is 0 Å². The predicted molar refractivity (Wildman–Crippen MR) is 141 cm³/mol. The van der Waals surface area contributed by atoms with Gasteiger partial charge in [0.15, 0.2) is 11.5 Å². The standard InChI is InChI=1S/C26H27N3O8S/c1-34-17-9-11-22(35-2)21(13-17)29(38(32,33)18-10-12-23(36-3)24(14-18)37-4)16-26(31)28-15-25(30)27-19-7-5-6-8-20(19)28/h5-14H,15-16H2,1-4H3,(H,27,30). The molecule has 0 fully saturated rings. The maximum Gasteiger partial charge on any atom is 0.265 e. The van der Waals surface area contributed by atoms with E-state index in [1.54, 1.807) is 36.4 Å². The van der Waals surface area contributed by atoms with Gasteiger partial charge in [-0.1, -0.05) is 12.1 Å². The number of para-hydroxylation sites is 2. The summed E-state index contributed by atoms with van der Waals surface area (Å²) in [6.45, 7) is -0.906. The number of hydrogen-bond donors (Lipinski definition) is 1. The Labute approximate surface area is 220 Å². The number of benzene rings is 3. The van der Waals surface area contributed by atoms with Gasteiger partial charge >= 0.3 is 0 Å². The Bertz CT molecular complexity index is 1480. The molecular formula is C26H27N3O8S. The van der Waals surface area contributed by atoms with Crippen molar-refractivity contribution in [1.29, 1.82) is 0 Å². The number of amides is 2. The molecule has 1 aliphatic heterocycles. The molecule has 3 aromatic rings. The van der Waals surface area contributed by atoms with Crippen LogP contribution in [0.3, 0.4) is 0 Å². The molecule has 12 heteroatoms. The molecule has 3 aromatic carbocycles. The lowest BCUT2D eigenvalue weighted by Crippen LogP contribution is -2.48. The number of rotatable bonds is 9. The number of methoxy groups -OCH3 is 4. The number of hydrogen-bond acceptors (Lipinski definition) is 8. The molecule has 0 atom stereocenters. The van der Waals surface area contributed by atoms with Gasteiger partial charge in [0.1, 0.15) is 24.6 Å². The molecule has 0 unspecified atom stereocenters. The van der Waals surface area contributed by atoms with Gasteiger partial charge < -0.3 is 24.3 Å². The molecule has 1 aliphatic rings. The van der Waals surface area contributed by atoms with Gasteiger partial charge in [-0.2, -0.15) is 0 Å². The van der Waals surface area contributed by atoms with Gasteiger partial charge in [0.05, 0.1) is 50.4 Å². The highest BCUT2D eigenvalue weighted by Gasteiger charge is 2.34. The number of anilines is 3. The summed E-state index contributed by atoms with van der Waals surface area (Å²) in [6.07, 6.45) is 0. The Morgan fingerprint density at radius 3 is 2.26 bits per heavy atom. The number of carbonyl (C=O) groups is 2. The Kier molecular flexibility index (Phi) is 7.62. The van der Waals surface area contributed by atoms with Crippen LogP contribution in [-0.2, 0) is 19.6 Å². The third-order valence-corrected chi connectivity index (χ3v) is 7.70. The second-order valence-corrected chi connectivity index (χ2v) is 9.97. The van der Waals surface area contributed by atoms with Crippen molar-refractivity contribution in [2.45, 2.75) is 4.90 Å². The first-order valence-electron chi connectivity index (χ1n) is 11.4. The Balaban J connectivity index is 1.84. The zero-order valence-corrected chi connectivity index (χ0v) is 22.1. The maximum absolute atomic E-state index is 14.1. The lowest BCUT2D eigenvalue weighted by Gasteiger charge is -2.32. The molecule has 11 nitrogen and oxygen atoms in total. The number of carbonyl (C=O) groups excluding carboxylic acids is 2. The SMILES string of the molecule is COc1ccc(OC)c(N(CC(=O)N2CC(=O)Nc3ccccc32)S(=O)(=O)c2ccc(OC)c(OC)c2)c1. The van der Waals surface area contributed by atoms with E-state index in [0.717, 1.165) is 4.31 Å². The van der Waals surface area contributed by atoms with Gasteiger partial charge in [-0.3, -0.25) is 18.8 Å². The van der Waals surface area contributed by atoms with E-state index in [0.29, 0.717) is 22.9 Å². The highest BCUT2D eigenvalue weighted by molar-refractivity contribution is 7.92. The maximum atomic E-state index is 14.1. The highest BCUT2D eigenvalue weighted by Crippen LogP contribution is 2.38. The number of fused-ring (bicyclic) bond motifs is 1. The lowest BCUT2D eigenvalue weighted by atomic mass is 10.2. The number of sulfonamides is 1. The fourth-order valence-electron chi connectivity index (χ4n) is 4.06. The molecule has 200 valence electrons. The zero-order chi connectivity index (χ0) is 27.4. The monoisotopic (exact) mass is 541 g/mol. The summed E-state index contributed by atoms with van der Waals surface area (Å²) >= 11 is 0. The van der Waals surface area contributed by atoms with Crippen LogP contribution in [0.2, 0.25) is 0 Å². The summed E-state index contributed by atoms with van der Waals surface area (Å²) in [6, 6.07) is 15.5. The third-order valence-electron chi connectivity index (χ3n) is 5.95. The number of nitrogens with one attached hydrogen (secondary N) is 1. The van der Waals surface area contributed by atoms with E-state index >= 15 is 0 Å². The molecule has 0 radical (unpaired) electrons. The molecule has 0 saturated carbocycles. The fraction of sp³-hybridized carbons (Fsp3) is 0.231. The molecule has 2 amide bonds. The van der Waals surface area contributed by atoms with Crippen LogP contribution in [-0.4, -0.2) is 61.8 Å². The topological polar surface area (TPSA) is 124 Å². The Morgan fingerprint density at radius 1 is 0.895 bits per heavy atom. The third kappa shape index (κ3) is 5.02. The van der Waals surface area contributed by atoms with Crippen molar-refractivity contribution >= 4 is 38.9 Å². The van der Waals surface area contributed by atoms with E-state index in [2.05, 4.69) is 5.32 Å².